The topological polar surface area (TPSA) is 104 Å². The lowest BCUT2D eigenvalue weighted by atomic mass is 10.0. The Hall–Kier alpha value is -2.75. The summed E-state index contributed by atoms with van der Waals surface area (Å²) in [6, 6.07) is 9.49. The lowest BCUT2D eigenvalue weighted by Gasteiger charge is -2.10. The lowest BCUT2D eigenvalue weighted by Crippen LogP contribution is -2.04. The predicted molar refractivity (Wildman–Crippen MR) is 115 cm³/mol. The zero-order valence-corrected chi connectivity index (χ0v) is 18.0. The Balaban J connectivity index is 0.00000320. The van der Waals surface area contributed by atoms with E-state index in [1.165, 1.54) is 31.6 Å². The van der Waals surface area contributed by atoms with Gasteiger partial charge in [0.05, 0.1) is 41.5 Å². The van der Waals surface area contributed by atoms with Crippen molar-refractivity contribution < 1.29 is 22.3 Å². The van der Waals surface area contributed by atoms with Crippen molar-refractivity contribution in [2.24, 2.45) is 5.73 Å². The van der Waals surface area contributed by atoms with Crippen molar-refractivity contribution in [3.8, 4) is 11.1 Å². The third-order valence-corrected chi connectivity index (χ3v) is 5.49. The molecule has 3 aromatic rings. The summed E-state index contributed by atoms with van der Waals surface area (Å²) in [7, 11) is -2.16. The molecule has 1 heterocycles. The van der Waals surface area contributed by atoms with E-state index in [1.54, 1.807) is 28.8 Å². The van der Waals surface area contributed by atoms with Gasteiger partial charge >= 0.3 is 5.97 Å². The summed E-state index contributed by atoms with van der Waals surface area (Å²) in [4.78, 5) is 16.7. The Morgan fingerprint density at radius 3 is 2.67 bits per heavy atom. The highest BCUT2D eigenvalue weighted by molar-refractivity contribution is 7.90. The molecule has 3 rings (SSSR count). The average Bonchev–Trinajstić information content (AvgIpc) is 3.09. The number of nitrogens with zero attached hydrogens (tertiary/aromatic N) is 2. The molecule has 2 N–H and O–H groups in total. The number of methoxy groups -OCH3 is 1. The minimum Gasteiger partial charge on any atom is -0.465 e. The molecule has 0 fully saturated rings. The number of carbonyl (C=O) groups is 1. The van der Waals surface area contributed by atoms with Crippen LogP contribution in [0.15, 0.2) is 59.5 Å². The van der Waals surface area contributed by atoms with E-state index in [1.807, 2.05) is 0 Å². The maximum Gasteiger partial charge on any atom is 0.337 e. The van der Waals surface area contributed by atoms with E-state index in [0.717, 1.165) is 6.26 Å². The highest BCUT2D eigenvalue weighted by Gasteiger charge is 2.17. The molecule has 0 unspecified atom stereocenters. The van der Waals surface area contributed by atoms with Crippen LogP contribution in [0.25, 0.3) is 22.2 Å². The molecule has 0 amide bonds. The van der Waals surface area contributed by atoms with Crippen LogP contribution in [0.5, 0.6) is 0 Å². The predicted octanol–water partition coefficient (Wildman–Crippen LogP) is 3.13. The number of allylic oxidation sites excluding steroid dienone is 1. The number of aromatic nitrogens is 2. The standard InChI is InChI=1S/C20H20FN3O4S.ClH/c1-28-20(25)14-9-17(13-4-3-5-16(8-13)29(2,26)27)19-18(10-14)24(12-23-19)11-15(21)6-7-22;/h3-6,8-10,12H,7,11,22H2,1-2H3;1H/b15-6-;. The average molecular weight is 454 g/mol. The maximum absolute atomic E-state index is 14.0. The third-order valence-electron chi connectivity index (χ3n) is 4.38. The highest BCUT2D eigenvalue weighted by atomic mass is 35.5. The van der Waals surface area contributed by atoms with Crippen LogP contribution in [0.2, 0.25) is 0 Å². The molecule has 0 saturated heterocycles. The van der Waals surface area contributed by atoms with Gasteiger partial charge in [0.15, 0.2) is 9.84 Å². The van der Waals surface area contributed by atoms with E-state index >= 15 is 0 Å². The first-order valence-electron chi connectivity index (χ1n) is 8.67. The number of hydrogen-bond acceptors (Lipinski definition) is 6. The molecule has 0 aliphatic carbocycles. The van der Waals surface area contributed by atoms with Gasteiger partial charge in [0.25, 0.3) is 0 Å². The lowest BCUT2D eigenvalue weighted by molar-refractivity contribution is 0.0601. The van der Waals surface area contributed by atoms with Gasteiger partial charge in [0.1, 0.15) is 5.83 Å². The largest absolute Gasteiger partial charge is 0.465 e. The Labute approximate surface area is 179 Å². The molecule has 0 radical (unpaired) electrons. The normalized spacial score (nSPS) is 11.9. The minimum absolute atomic E-state index is 0. The van der Waals surface area contributed by atoms with Gasteiger partial charge in [-0.25, -0.2) is 22.6 Å². The van der Waals surface area contributed by atoms with Crippen molar-refractivity contribution in [1.29, 1.82) is 0 Å². The molecule has 0 aliphatic heterocycles. The second-order valence-electron chi connectivity index (χ2n) is 6.44. The van der Waals surface area contributed by atoms with Gasteiger partial charge in [0.2, 0.25) is 0 Å². The van der Waals surface area contributed by atoms with Gasteiger partial charge in [0, 0.05) is 18.4 Å². The summed E-state index contributed by atoms with van der Waals surface area (Å²) in [6.45, 7) is -0.0312. The number of esters is 1. The van der Waals surface area contributed by atoms with Crippen LogP contribution in [-0.4, -0.2) is 43.8 Å². The summed E-state index contributed by atoms with van der Waals surface area (Å²) >= 11 is 0. The number of fused-ring (bicyclic) bond motifs is 1. The van der Waals surface area contributed by atoms with E-state index in [0.29, 0.717) is 22.2 Å². The van der Waals surface area contributed by atoms with Crippen LogP contribution < -0.4 is 5.73 Å². The third kappa shape index (κ3) is 4.86. The number of benzene rings is 2. The number of halogens is 2. The second kappa shape index (κ2) is 9.38. The van der Waals surface area contributed by atoms with E-state index in [-0.39, 0.29) is 36.0 Å². The number of hydrogen-bond donors (Lipinski definition) is 1. The second-order valence-corrected chi connectivity index (χ2v) is 8.46. The summed E-state index contributed by atoms with van der Waals surface area (Å²) in [5.41, 5.74) is 7.70. The zero-order valence-electron chi connectivity index (χ0n) is 16.3. The van der Waals surface area contributed by atoms with E-state index in [4.69, 9.17) is 10.5 Å². The van der Waals surface area contributed by atoms with Crippen molar-refractivity contribution in [3.63, 3.8) is 0 Å². The van der Waals surface area contributed by atoms with Gasteiger partial charge in [-0.3, -0.25) is 0 Å². The fourth-order valence-corrected chi connectivity index (χ4v) is 3.66. The van der Waals surface area contributed by atoms with Crippen LogP contribution >= 0.6 is 12.4 Å². The Kier molecular flexibility index (Phi) is 7.35. The first-order chi connectivity index (χ1) is 13.7. The Bertz CT molecular complexity index is 1220. The van der Waals surface area contributed by atoms with Crippen molar-refractivity contribution in [2.45, 2.75) is 11.4 Å². The zero-order chi connectivity index (χ0) is 21.2. The van der Waals surface area contributed by atoms with Gasteiger partial charge in [-0.15, -0.1) is 12.4 Å². The minimum atomic E-state index is -3.42. The van der Waals surface area contributed by atoms with E-state index < -0.39 is 21.6 Å². The smallest absolute Gasteiger partial charge is 0.337 e. The van der Waals surface area contributed by atoms with Gasteiger partial charge in [-0.1, -0.05) is 12.1 Å². The summed E-state index contributed by atoms with van der Waals surface area (Å²) in [5, 5.41) is 0. The van der Waals surface area contributed by atoms with Crippen LogP contribution in [0.1, 0.15) is 10.4 Å². The molecule has 0 bridgehead atoms. The molecule has 10 heteroatoms. The highest BCUT2D eigenvalue weighted by Crippen LogP contribution is 2.31. The molecule has 160 valence electrons. The Morgan fingerprint density at radius 1 is 1.30 bits per heavy atom. The van der Waals surface area contributed by atoms with Crippen molar-refractivity contribution in [1.82, 2.24) is 9.55 Å². The number of ether oxygens (including phenoxy) is 1. The molecule has 2 aromatic carbocycles. The number of carbonyl (C=O) groups excluding carboxylic acids is 1. The van der Waals surface area contributed by atoms with Crippen molar-refractivity contribution >= 4 is 39.2 Å². The molecule has 0 atom stereocenters. The molecule has 0 saturated carbocycles. The van der Waals surface area contributed by atoms with Crippen LogP contribution in [-0.2, 0) is 21.1 Å². The molecular formula is C20H21ClFN3O4S. The van der Waals surface area contributed by atoms with Gasteiger partial charge in [-0.05, 0) is 35.9 Å². The van der Waals surface area contributed by atoms with Crippen LogP contribution in [0.3, 0.4) is 0 Å². The number of rotatable bonds is 6. The Morgan fingerprint density at radius 2 is 2.03 bits per heavy atom. The molecule has 30 heavy (non-hydrogen) atoms. The molecule has 0 spiro atoms. The number of nitrogens with two attached hydrogens (primary N) is 1. The molecule has 7 nitrogen and oxygen atoms in total. The SMILES string of the molecule is COC(=O)c1cc(-c2cccc(S(C)(=O)=O)c2)c2ncn(C/C(F)=C/CN)c2c1.Cl. The summed E-state index contributed by atoms with van der Waals surface area (Å²) in [6.07, 6.45) is 3.83. The summed E-state index contributed by atoms with van der Waals surface area (Å²) < 4.78 is 44.2. The fourth-order valence-electron chi connectivity index (χ4n) is 2.99. The van der Waals surface area contributed by atoms with Gasteiger partial charge < -0.3 is 15.0 Å². The molecule has 1 aromatic heterocycles. The number of sulfone groups is 1. The molecule has 0 aliphatic rings. The monoisotopic (exact) mass is 453 g/mol. The van der Waals surface area contributed by atoms with E-state index in [9.17, 15) is 17.6 Å². The van der Waals surface area contributed by atoms with Crippen LogP contribution in [0, 0.1) is 0 Å². The number of imidazole rings is 1. The molecular weight excluding hydrogens is 433 g/mol. The summed E-state index contributed by atoms with van der Waals surface area (Å²) in [5.74, 6) is -1.01. The fraction of sp³-hybridized carbons (Fsp3) is 0.200. The maximum atomic E-state index is 14.0. The first-order valence-corrected chi connectivity index (χ1v) is 10.6. The van der Waals surface area contributed by atoms with Gasteiger partial charge in [-0.2, -0.15) is 0 Å². The first kappa shape index (κ1) is 23.5. The van der Waals surface area contributed by atoms with Crippen molar-refractivity contribution in [3.05, 3.63) is 60.2 Å². The quantitative estimate of drug-likeness (QED) is 0.575. The van der Waals surface area contributed by atoms with Crippen molar-refractivity contribution in [2.75, 3.05) is 19.9 Å². The van der Waals surface area contributed by atoms with E-state index in [2.05, 4.69) is 4.98 Å². The van der Waals surface area contributed by atoms with Crippen LogP contribution in [0.4, 0.5) is 4.39 Å².